The molecule has 39 heavy (non-hydrogen) atoms. The fourth-order valence-electron chi connectivity index (χ4n) is 5.20. The number of carbonyl (C=O) groups is 1. The van der Waals surface area contributed by atoms with E-state index in [2.05, 4.69) is 0 Å². The summed E-state index contributed by atoms with van der Waals surface area (Å²) in [4.78, 5) is 11.5. The molecule has 3 aliphatic heterocycles. The van der Waals surface area contributed by atoms with Crippen molar-refractivity contribution in [2.24, 2.45) is 17.8 Å². The molecule has 0 aromatic carbocycles. The monoisotopic (exact) mass is 572 g/mol. The van der Waals surface area contributed by atoms with Crippen LogP contribution in [0, 0.1) is 17.8 Å². The van der Waals surface area contributed by atoms with Crippen LogP contribution in [-0.2, 0) is 28.5 Å². The quantitative estimate of drug-likeness (QED) is 0.111. The molecule has 0 aromatic heterocycles. The van der Waals surface area contributed by atoms with Crippen LogP contribution in [0.15, 0.2) is 0 Å². The molecule has 0 saturated carbocycles. The van der Waals surface area contributed by atoms with Gasteiger partial charge in [-0.3, -0.25) is 0 Å². The zero-order valence-electron chi connectivity index (χ0n) is 21.3. The highest BCUT2D eigenvalue weighted by Crippen LogP contribution is 2.32. The van der Waals surface area contributed by atoms with Crippen molar-refractivity contribution in [3.8, 4) is 0 Å². The molecule has 0 spiro atoms. The zero-order chi connectivity index (χ0) is 29.0. The summed E-state index contributed by atoms with van der Waals surface area (Å²) in [6.45, 7) is -1.03. The summed E-state index contributed by atoms with van der Waals surface area (Å²) in [5.41, 5.74) is 0. The van der Waals surface area contributed by atoms with Crippen molar-refractivity contribution in [2.45, 2.75) is 80.4 Å². The van der Waals surface area contributed by atoms with E-state index in [-0.39, 0.29) is 19.8 Å². The van der Waals surface area contributed by atoms with Gasteiger partial charge in [-0.25, -0.2) is 4.79 Å². The van der Waals surface area contributed by atoms with Gasteiger partial charge in [0, 0.05) is 17.8 Å². The van der Waals surface area contributed by atoms with Crippen LogP contribution in [0.4, 0.5) is 0 Å². The van der Waals surface area contributed by atoms with Crippen LogP contribution in [0.25, 0.3) is 0 Å². The van der Waals surface area contributed by atoms with E-state index in [1.165, 1.54) is 6.92 Å². The Hall–Kier alpha value is -1.09. The van der Waals surface area contributed by atoms with E-state index in [1.54, 1.807) is 0 Å². The molecule has 228 valence electrons. The summed E-state index contributed by atoms with van der Waals surface area (Å²) < 4.78 is 27.3. The minimum atomic E-state index is -1.60. The molecule has 9 unspecified atom stereocenters. The number of aliphatic hydroxyl groups is 9. The van der Waals surface area contributed by atoms with Crippen molar-refractivity contribution in [2.75, 3.05) is 39.6 Å². The molecular weight excluding hydrogens is 532 g/mol. The van der Waals surface area contributed by atoms with Crippen molar-refractivity contribution >= 4 is 5.97 Å². The molecule has 0 amide bonds. The van der Waals surface area contributed by atoms with Crippen LogP contribution in [0.5, 0.6) is 0 Å². The normalized spacial score (nSPS) is 47.2. The Labute approximate surface area is 223 Å². The van der Waals surface area contributed by atoms with E-state index in [0.717, 1.165) is 0 Å². The Morgan fingerprint density at radius 3 is 1.74 bits per heavy atom. The van der Waals surface area contributed by atoms with E-state index in [0.29, 0.717) is 0 Å². The maximum atomic E-state index is 11.5. The lowest BCUT2D eigenvalue weighted by atomic mass is 9.83. The predicted molar refractivity (Wildman–Crippen MR) is 124 cm³/mol. The minimum Gasteiger partial charge on any atom is -0.479 e. The van der Waals surface area contributed by atoms with Crippen LogP contribution in [-0.4, -0.2) is 170 Å². The Morgan fingerprint density at radius 1 is 0.615 bits per heavy atom. The number of carboxylic acids is 1. The molecule has 16 nitrogen and oxygen atoms in total. The molecule has 0 aliphatic carbocycles. The van der Waals surface area contributed by atoms with Crippen molar-refractivity contribution in [1.29, 1.82) is 0 Å². The molecule has 0 radical (unpaired) electrons. The molecule has 3 saturated heterocycles. The second kappa shape index (κ2) is 14.2. The molecule has 3 fully saturated rings. The molecule has 16 heteroatoms. The van der Waals surface area contributed by atoms with Gasteiger partial charge in [0.2, 0.25) is 0 Å². The third kappa shape index (κ3) is 7.22. The Morgan fingerprint density at radius 2 is 1.18 bits per heavy atom. The van der Waals surface area contributed by atoms with E-state index in [1.807, 2.05) is 0 Å². The van der Waals surface area contributed by atoms with Gasteiger partial charge in [-0.15, -0.1) is 0 Å². The van der Waals surface area contributed by atoms with Crippen molar-refractivity contribution in [1.82, 2.24) is 0 Å². The van der Waals surface area contributed by atoms with Gasteiger partial charge in [-0.2, -0.15) is 0 Å². The molecular formula is C23H40O16. The summed E-state index contributed by atoms with van der Waals surface area (Å²) in [6.07, 6.45) is -16.0. The number of hydrogen-bond acceptors (Lipinski definition) is 15. The fourth-order valence-corrected chi connectivity index (χ4v) is 5.20. The van der Waals surface area contributed by atoms with Crippen LogP contribution in [0.2, 0.25) is 0 Å². The van der Waals surface area contributed by atoms with Crippen molar-refractivity contribution in [3.63, 3.8) is 0 Å². The second-order valence-corrected chi connectivity index (χ2v) is 10.3. The maximum absolute atomic E-state index is 11.5. The summed E-state index contributed by atoms with van der Waals surface area (Å²) in [5, 5.41) is 100. The third-order valence-electron chi connectivity index (χ3n) is 7.70. The van der Waals surface area contributed by atoms with Crippen molar-refractivity contribution in [3.05, 3.63) is 0 Å². The molecule has 10 N–H and O–H groups in total. The highest BCUT2D eigenvalue weighted by atomic mass is 16.6. The first kappa shape index (κ1) is 32.4. The van der Waals surface area contributed by atoms with Crippen molar-refractivity contribution < 1.29 is 79.5 Å². The van der Waals surface area contributed by atoms with Crippen LogP contribution in [0.3, 0.4) is 0 Å². The molecule has 3 heterocycles. The second-order valence-electron chi connectivity index (χ2n) is 10.3. The summed E-state index contributed by atoms with van der Waals surface area (Å²) in [7, 11) is 0. The standard InChI is InChI=1S/C23H40O16/c1-8-15(26)20(31)19(30)13(37-8)6-35-4-10-11(23(34)39-12(3-25)16(10)27)5-36-7-14-18(29)17(28)9(2-24)21(38-14)22(32)33/h8-21,23-31,34H,2-7H2,1H3,(H,32,33)/t8?,9-,10?,11?,12?,13+,14+,15+,16-,17?,18?,19?,20?,21?,23-/m1/s1. The number of rotatable bonds is 11. The highest BCUT2D eigenvalue weighted by molar-refractivity contribution is 5.73. The predicted octanol–water partition coefficient (Wildman–Crippen LogP) is -5.63. The summed E-state index contributed by atoms with van der Waals surface area (Å²) >= 11 is 0. The van der Waals surface area contributed by atoms with Gasteiger partial charge in [-0.1, -0.05) is 0 Å². The smallest absolute Gasteiger partial charge is 0.333 e. The number of carboxylic acid groups (broad SMARTS) is 1. The van der Waals surface area contributed by atoms with Gasteiger partial charge >= 0.3 is 5.97 Å². The number of hydrogen-bond donors (Lipinski definition) is 10. The van der Waals surface area contributed by atoms with Gasteiger partial charge in [-0.05, 0) is 6.92 Å². The van der Waals surface area contributed by atoms with Gasteiger partial charge in [0.25, 0.3) is 0 Å². The average Bonchev–Trinajstić information content (AvgIpc) is 2.90. The van der Waals surface area contributed by atoms with E-state index >= 15 is 0 Å². The number of aliphatic carboxylic acids is 1. The van der Waals surface area contributed by atoms with Gasteiger partial charge < -0.3 is 74.7 Å². The van der Waals surface area contributed by atoms with E-state index in [9.17, 15) is 55.9 Å². The molecule has 3 aliphatic rings. The first-order chi connectivity index (χ1) is 18.4. The first-order valence-corrected chi connectivity index (χ1v) is 12.8. The molecule has 0 bridgehead atoms. The van der Waals surface area contributed by atoms with Crippen LogP contribution >= 0.6 is 0 Å². The van der Waals surface area contributed by atoms with E-state index < -0.39 is 117 Å². The lowest BCUT2D eigenvalue weighted by molar-refractivity contribution is -0.275. The average molecular weight is 573 g/mol. The topological polar surface area (TPSA) is 266 Å². The molecule has 3 rings (SSSR count). The Balaban J connectivity index is 1.60. The SMILES string of the molecule is CC1O[C@@H](COCC2C(COC[C@@H]3OC(C(=O)O)[C@H](CO)C(O)C3O)[C@H](O)OC(CO)[C@@H]2O)C(O)C(O)[C@H]1O. The number of ether oxygens (including phenoxy) is 5. The van der Waals surface area contributed by atoms with Crippen LogP contribution < -0.4 is 0 Å². The summed E-state index contributed by atoms with van der Waals surface area (Å²) in [5.74, 6) is -4.53. The number of aliphatic hydroxyl groups excluding tert-OH is 9. The lowest BCUT2D eigenvalue weighted by Crippen LogP contribution is -2.59. The summed E-state index contributed by atoms with van der Waals surface area (Å²) in [6, 6.07) is 0. The Bertz CT molecular complexity index is 772. The third-order valence-corrected chi connectivity index (χ3v) is 7.70. The highest BCUT2D eigenvalue weighted by Gasteiger charge is 2.49. The van der Waals surface area contributed by atoms with Crippen LogP contribution in [0.1, 0.15) is 6.92 Å². The lowest BCUT2D eigenvalue weighted by Gasteiger charge is -2.43. The zero-order valence-corrected chi connectivity index (χ0v) is 21.3. The van der Waals surface area contributed by atoms with Gasteiger partial charge in [0.15, 0.2) is 12.4 Å². The largest absolute Gasteiger partial charge is 0.479 e. The Kier molecular flexibility index (Phi) is 11.8. The molecule has 15 atom stereocenters. The van der Waals surface area contributed by atoms with Gasteiger partial charge in [0.05, 0.1) is 58.0 Å². The first-order valence-electron chi connectivity index (χ1n) is 12.8. The maximum Gasteiger partial charge on any atom is 0.333 e. The fraction of sp³-hybridized carbons (Fsp3) is 0.957. The van der Waals surface area contributed by atoms with Gasteiger partial charge in [0.1, 0.15) is 42.7 Å². The molecule has 0 aromatic rings. The minimum absolute atomic E-state index is 0.230. The van der Waals surface area contributed by atoms with E-state index in [4.69, 9.17) is 23.7 Å².